The Labute approximate surface area is 119 Å². The maximum atomic E-state index is 14.0. The number of alkyl halides is 1. The molecule has 0 aliphatic rings. The number of rotatable bonds is 3. The Morgan fingerprint density at radius 3 is 2.50 bits per heavy atom. The predicted molar refractivity (Wildman–Crippen MR) is 75.4 cm³/mol. The summed E-state index contributed by atoms with van der Waals surface area (Å²) in [5.74, 6) is 0.0739. The van der Waals surface area contributed by atoms with E-state index in [1.165, 1.54) is 12.1 Å². The van der Waals surface area contributed by atoms with Crippen LogP contribution in [0.1, 0.15) is 5.82 Å². The van der Waals surface area contributed by atoms with Crippen LogP contribution in [0.4, 0.5) is 8.78 Å². The first-order valence-electron chi connectivity index (χ1n) is 6.19. The lowest BCUT2D eigenvalue weighted by molar-refractivity contribution is 0.617. The molecule has 0 saturated heterocycles. The van der Waals surface area contributed by atoms with Gasteiger partial charge in [0.1, 0.15) is 17.2 Å². The van der Waals surface area contributed by atoms with Crippen LogP contribution in [0.15, 0.2) is 42.5 Å². The van der Waals surface area contributed by atoms with Crippen molar-refractivity contribution in [1.82, 2.24) is 9.55 Å². The third-order valence-corrected chi connectivity index (χ3v) is 3.31. The molecule has 0 fully saturated rings. The van der Waals surface area contributed by atoms with Crippen LogP contribution in [0, 0.1) is 11.6 Å². The highest BCUT2D eigenvalue weighted by atomic mass is 35.5. The van der Waals surface area contributed by atoms with E-state index in [0.29, 0.717) is 29.3 Å². The van der Waals surface area contributed by atoms with Crippen LogP contribution in [0.25, 0.3) is 16.7 Å². The fourth-order valence-corrected chi connectivity index (χ4v) is 2.44. The topological polar surface area (TPSA) is 17.8 Å². The fourth-order valence-electron chi connectivity index (χ4n) is 2.27. The van der Waals surface area contributed by atoms with Crippen molar-refractivity contribution in [2.24, 2.45) is 0 Å². The molecule has 0 radical (unpaired) electrons. The number of imidazole rings is 1. The van der Waals surface area contributed by atoms with Crippen LogP contribution in [0.5, 0.6) is 0 Å². The van der Waals surface area contributed by atoms with E-state index in [4.69, 9.17) is 11.6 Å². The Kier molecular flexibility index (Phi) is 3.40. The van der Waals surface area contributed by atoms with Crippen LogP contribution in [0.3, 0.4) is 0 Å². The van der Waals surface area contributed by atoms with Gasteiger partial charge >= 0.3 is 0 Å². The molecule has 1 aromatic heterocycles. The molecule has 0 N–H and O–H groups in total. The van der Waals surface area contributed by atoms with E-state index >= 15 is 0 Å². The molecule has 0 bridgehead atoms. The van der Waals surface area contributed by atoms with E-state index in [1.54, 1.807) is 34.9 Å². The molecule has 3 rings (SSSR count). The molecular formula is C15H11ClF2N2. The number of nitrogens with zero attached hydrogens (tertiary/aromatic N) is 2. The van der Waals surface area contributed by atoms with Gasteiger partial charge in [0, 0.05) is 12.3 Å². The van der Waals surface area contributed by atoms with Crippen molar-refractivity contribution < 1.29 is 8.78 Å². The van der Waals surface area contributed by atoms with E-state index in [1.807, 2.05) is 0 Å². The van der Waals surface area contributed by atoms with Crippen molar-refractivity contribution in [1.29, 1.82) is 0 Å². The minimum Gasteiger partial charge on any atom is -0.293 e. The summed E-state index contributed by atoms with van der Waals surface area (Å²) < 4.78 is 29.5. The third-order valence-electron chi connectivity index (χ3n) is 3.12. The number of hydrogen-bond donors (Lipinski definition) is 0. The SMILES string of the molecule is Fc1ccccc1-n1c(CCCl)nc2c(F)cccc21. The Balaban J connectivity index is 2.35. The Morgan fingerprint density at radius 2 is 1.75 bits per heavy atom. The van der Waals surface area contributed by atoms with Crippen LogP contribution < -0.4 is 0 Å². The summed E-state index contributed by atoms with van der Waals surface area (Å²) in [6.45, 7) is 0. The first-order valence-corrected chi connectivity index (χ1v) is 6.72. The van der Waals surface area contributed by atoms with E-state index in [9.17, 15) is 8.78 Å². The summed E-state index contributed by atoms with van der Waals surface area (Å²) in [6.07, 6.45) is 0.435. The van der Waals surface area contributed by atoms with Crippen LogP contribution in [-0.4, -0.2) is 15.4 Å². The van der Waals surface area contributed by atoms with Gasteiger partial charge in [-0.3, -0.25) is 4.57 Å². The highest BCUT2D eigenvalue weighted by Crippen LogP contribution is 2.25. The second-order valence-corrected chi connectivity index (χ2v) is 4.74. The molecule has 3 aromatic rings. The van der Waals surface area contributed by atoms with Crippen LogP contribution in [0.2, 0.25) is 0 Å². The van der Waals surface area contributed by atoms with E-state index in [2.05, 4.69) is 4.98 Å². The molecule has 5 heteroatoms. The van der Waals surface area contributed by atoms with Gasteiger partial charge in [0.15, 0.2) is 5.82 Å². The highest BCUT2D eigenvalue weighted by Gasteiger charge is 2.16. The summed E-state index contributed by atoms with van der Waals surface area (Å²) >= 11 is 5.76. The molecule has 102 valence electrons. The summed E-state index contributed by atoms with van der Waals surface area (Å²) in [6, 6.07) is 11.0. The number of hydrogen-bond acceptors (Lipinski definition) is 1. The maximum absolute atomic E-state index is 14.0. The summed E-state index contributed by atoms with van der Waals surface area (Å²) in [5.41, 5.74) is 1.12. The monoisotopic (exact) mass is 292 g/mol. The second kappa shape index (κ2) is 5.21. The third kappa shape index (κ3) is 2.06. The smallest absolute Gasteiger partial charge is 0.151 e. The van der Waals surface area contributed by atoms with Crippen LogP contribution in [-0.2, 0) is 6.42 Å². The molecule has 0 atom stereocenters. The lowest BCUT2D eigenvalue weighted by Gasteiger charge is -2.09. The first-order chi connectivity index (χ1) is 9.72. The number of fused-ring (bicyclic) bond motifs is 1. The average Bonchev–Trinajstić information content (AvgIpc) is 2.80. The van der Waals surface area contributed by atoms with Gasteiger partial charge in [-0.05, 0) is 24.3 Å². The minimum atomic E-state index is -0.423. The number of benzene rings is 2. The van der Waals surface area contributed by atoms with Gasteiger partial charge in [-0.15, -0.1) is 11.6 Å². The second-order valence-electron chi connectivity index (χ2n) is 4.36. The molecule has 0 aliphatic carbocycles. The van der Waals surface area contributed by atoms with Gasteiger partial charge in [0.05, 0.1) is 11.2 Å². The molecule has 0 spiro atoms. The predicted octanol–water partition coefficient (Wildman–Crippen LogP) is 4.09. The number of halogens is 3. The van der Waals surface area contributed by atoms with Crippen molar-refractivity contribution in [3.8, 4) is 5.69 Å². The fraction of sp³-hybridized carbons (Fsp3) is 0.133. The lowest BCUT2D eigenvalue weighted by Crippen LogP contribution is -2.04. The van der Waals surface area contributed by atoms with Gasteiger partial charge in [0.25, 0.3) is 0 Å². The van der Waals surface area contributed by atoms with Gasteiger partial charge in [-0.2, -0.15) is 0 Å². The summed E-state index contributed by atoms with van der Waals surface area (Å²) in [5, 5.41) is 0. The molecule has 0 amide bonds. The summed E-state index contributed by atoms with van der Waals surface area (Å²) in [4.78, 5) is 4.26. The van der Waals surface area contributed by atoms with Gasteiger partial charge in [-0.25, -0.2) is 13.8 Å². The molecule has 2 aromatic carbocycles. The lowest BCUT2D eigenvalue weighted by atomic mass is 10.2. The molecule has 0 aliphatic heterocycles. The van der Waals surface area contributed by atoms with Gasteiger partial charge < -0.3 is 0 Å². The zero-order valence-electron chi connectivity index (χ0n) is 10.5. The van der Waals surface area contributed by atoms with E-state index in [0.717, 1.165) is 0 Å². The Morgan fingerprint density at radius 1 is 1.00 bits per heavy atom. The summed E-state index contributed by atoms with van der Waals surface area (Å²) in [7, 11) is 0. The van der Waals surface area contributed by atoms with Crippen molar-refractivity contribution in [2.45, 2.75) is 6.42 Å². The Bertz CT molecular complexity index is 768. The van der Waals surface area contributed by atoms with Crippen molar-refractivity contribution in [3.05, 3.63) is 59.9 Å². The van der Waals surface area contributed by atoms with E-state index in [-0.39, 0.29) is 11.3 Å². The maximum Gasteiger partial charge on any atom is 0.151 e. The quantitative estimate of drug-likeness (QED) is 0.665. The van der Waals surface area contributed by atoms with Gasteiger partial charge in [0.2, 0.25) is 0 Å². The molecule has 20 heavy (non-hydrogen) atoms. The standard InChI is InChI=1S/C15H11ClF2N2/c16-9-8-14-19-15-11(18)5-3-7-13(15)20(14)12-6-2-1-4-10(12)17/h1-7H,8-9H2. The number of para-hydroxylation sites is 2. The first kappa shape index (κ1) is 13.1. The molecule has 0 saturated carbocycles. The van der Waals surface area contributed by atoms with Crippen molar-refractivity contribution >= 4 is 22.6 Å². The number of aryl methyl sites for hydroxylation is 1. The van der Waals surface area contributed by atoms with Crippen molar-refractivity contribution in [2.75, 3.05) is 5.88 Å². The van der Waals surface area contributed by atoms with Gasteiger partial charge in [-0.1, -0.05) is 18.2 Å². The highest BCUT2D eigenvalue weighted by molar-refractivity contribution is 6.17. The van der Waals surface area contributed by atoms with E-state index < -0.39 is 5.82 Å². The Hall–Kier alpha value is -1.94. The zero-order valence-corrected chi connectivity index (χ0v) is 11.2. The largest absolute Gasteiger partial charge is 0.293 e. The normalized spacial score (nSPS) is 11.2. The molecular weight excluding hydrogens is 282 g/mol. The average molecular weight is 293 g/mol. The molecule has 2 nitrogen and oxygen atoms in total. The molecule has 0 unspecified atom stereocenters. The minimum absolute atomic E-state index is 0.232. The van der Waals surface area contributed by atoms with Crippen molar-refractivity contribution in [3.63, 3.8) is 0 Å². The number of aromatic nitrogens is 2. The zero-order chi connectivity index (χ0) is 14.1. The molecule has 1 heterocycles. The van der Waals surface area contributed by atoms with Crippen LogP contribution >= 0.6 is 11.6 Å².